The molecule has 2 aliphatic rings. The van der Waals surface area contributed by atoms with E-state index < -0.39 is 0 Å². The molecular formula is C20H22N2O. The van der Waals surface area contributed by atoms with Gasteiger partial charge in [0.05, 0.1) is 5.41 Å². The number of carbonyl (C=O) groups excluding carboxylic acids is 1. The Morgan fingerprint density at radius 2 is 1.87 bits per heavy atom. The van der Waals surface area contributed by atoms with Gasteiger partial charge >= 0.3 is 0 Å². The standard InChI is InChI=1S/C20H22N2O/c1-4-22-18-8-6-5-7-15(18)20(12-19(22)23)13-21(3)17-10-9-14(2)11-16(17)20/h5-11H,4,12-13H2,1-3H3. The number of amides is 1. The lowest BCUT2D eigenvalue weighted by Gasteiger charge is -2.40. The third kappa shape index (κ3) is 1.86. The van der Waals surface area contributed by atoms with Gasteiger partial charge in [-0.25, -0.2) is 0 Å². The van der Waals surface area contributed by atoms with Gasteiger partial charge in [0.25, 0.3) is 0 Å². The second-order valence-electron chi connectivity index (χ2n) is 6.79. The minimum Gasteiger partial charge on any atom is -0.373 e. The van der Waals surface area contributed by atoms with Gasteiger partial charge in [-0.2, -0.15) is 0 Å². The van der Waals surface area contributed by atoms with Crippen LogP contribution in [-0.2, 0) is 10.2 Å². The van der Waals surface area contributed by atoms with Gasteiger partial charge < -0.3 is 9.80 Å². The van der Waals surface area contributed by atoms with E-state index in [1.54, 1.807) is 0 Å². The molecule has 118 valence electrons. The lowest BCUT2D eigenvalue weighted by molar-refractivity contribution is -0.119. The zero-order chi connectivity index (χ0) is 16.2. The normalized spacial score (nSPS) is 22.5. The van der Waals surface area contributed by atoms with Crippen LogP contribution in [0.4, 0.5) is 11.4 Å². The molecule has 23 heavy (non-hydrogen) atoms. The summed E-state index contributed by atoms with van der Waals surface area (Å²) in [7, 11) is 2.13. The van der Waals surface area contributed by atoms with Gasteiger partial charge in [0.2, 0.25) is 5.91 Å². The third-order valence-electron chi connectivity index (χ3n) is 5.37. The molecule has 0 saturated heterocycles. The lowest BCUT2D eigenvalue weighted by atomic mass is 9.70. The number of fused-ring (bicyclic) bond motifs is 4. The van der Waals surface area contributed by atoms with E-state index in [9.17, 15) is 4.79 Å². The van der Waals surface area contributed by atoms with E-state index in [1.807, 2.05) is 17.9 Å². The van der Waals surface area contributed by atoms with Gasteiger partial charge in [0, 0.05) is 37.9 Å². The first-order valence-electron chi connectivity index (χ1n) is 8.29. The van der Waals surface area contributed by atoms with Crippen LogP contribution in [-0.4, -0.2) is 26.0 Å². The first kappa shape index (κ1) is 14.3. The van der Waals surface area contributed by atoms with E-state index in [4.69, 9.17) is 0 Å². The van der Waals surface area contributed by atoms with Crippen LogP contribution >= 0.6 is 0 Å². The second kappa shape index (κ2) is 4.85. The number of hydrogen-bond acceptors (Lipinski definition) is 2. The average molecular weight is 306 g/mol. The number of carbonyl (C=O) groups is 1. The van der Waals surface area contributed by atoms with Crippen LogP contribution in [0.25, 0.3) is 0 Å². The predicted octanol–water partition coefficient (Wildman–Crippen LogP) is 3.49. The SMILES string of the molecule is CCN1C(=O)CC2(CN(C)c3ccc(C)cc32)c2ccccc21. The Balaban J connectivity index is 2.00. The van der Waals surface area contributed by atoms with Crippen LogP contribution < -0.4 is 9.80 Å². The van der Waals surface area contributed by atoms with Crippen molar-refractivity contribution in [3.8, 4) is 0 Å². The van der Waals surface area contributed by atoms with E-state index >= 15 is 0 Å². The number of hydrogen-bond donors (Lipinski definition) is 0. The summed E-state index contributed by atoms with van der Waals surface area (Å²) in [6.07, 6.45) is 0.554. The molecule has 0 radical (unpaired) electrons. The molecule has 2 aromatic carbocycles. The van der Waals surface area contributed by atoms with Crippen molar-refractivity contribution in [2.75, 3.05) is 29.9 Å². The number of benzene rings is 2. The number of rotatable bonds is 1. The quantitative estimate of drug-likeness (QED) is 0.805. The fourth-order valence-corrected chi connectivity index (χ4v) is 4.37. The Hall–Kier alpha value is -2.29. The second-order valence-corrected chi connectivity index (χ2v) is 6.79. The summed E-state index contributed by atoms with van der Waals surface area (Å²) in [6, 6.07) is 15.0. The number of aryl methyl sites for hydroxylation is 1. The average Bonchev–Trinajstić information content (AvgIpc) is 2.80. The molecule has 1 unspecified atom stereocenters. The highest BCUT2D eigenvalue weighted by molar-refractivity contribution is 5.99. The van der Waals surface area contributed by atoms with Gasteiger partial charge in [-0.15, -0.1) is 0 Å². The zero-order valence-electron chi connectivity index (χ0n) is 14.0. The molecule has 4 rings (SSSR count). The molecule has 0 aromatic heterocycles. The summed E-state index contributed by atoms with van der Waals surface area (Å²) in [5.41, 5.74) is 5.96. The number of para-hydroxylation sites is 1. The Bertz CT molecular complexity index is 798. The monoisotopic (exact) mass is 306 g/mol. The summed E-state index contributed by atoms with van der Waals surface area (Å²) in [5.74, 6) is 0.231. The van der Waals surface area contributed by atoms with Crippen LogP contribution in [0.2, 0.25) is 0 Å². The van der Waals surface area contributed by atoms with Crippen LogP contribution in [0, 0.1) is 6.92 Å². The molecule has 0 N–H and O–H groups in total. The molecule has 2 aliphatic heterocycles. The fraction of sp³-hybridized carbons (Fsp3) is 0.350. The minimum absolute atomic E-state index is 0.213. The molecule has 3 heteroatoms. The van der Waals surface area contributed by atoms with E-state index in [0.717, 1.165) is 18.8 Å². The van der Waals surface area contributed by atoms with Gasteiger partial charge in [0.1, 0.15) is 0 Å². The molecule has 0 saturated carbocycles. The molecule has 0 fully saturated rings. The third-order valence-corrected chi connectivity index (χ3v) is 5.37. The molecule has 3 nitrogen and oxygen atoms in total. The lowest BCUT2D eigenvalue weighted by Crippen LogP contribution is -2.46. The van der Waals surface area contributed by atoms with E-state index in [2.05, 4.69) is 55.3 Å². The Kier molecular flexibility index (Phi) is 3.02. The smallest absolute Gasteiger partial charge is 0.228 e. The summed E-state index contributed by atoms with van der Waals surface area (Å²) in [4.78, 5) is 17.1. The van der Waals surface area contributed by atoms with Crippen molar-refractivity contribution in [3.63, 3.8) is 0 Å². The first-order valence-corrected chi connectivity index (χ1v) is 8.29. The van der Waals surface area contributed by atoms with E-state index in [1.165, 1.54) is 22.4 Å². The van der Waals surface area contributed by atoms with Crippen molar-refractivity contribution in [1.29, 1.82) is 0 Å². The topological polar surface area (TPSA) is 23.6 Å². The van der Waals surface area contributed by atoms with Crippen LogP contribution in [0.5, 0.6) is 0 Å². The van der Waals surface area contributed by atoms with Gasteiger partial charge in [-0.3, -0.25) is 4.79 Å². The van der Waals surface area contributed by atoms with Crippen molar-refractivity contribution in [1.82, 2.24) is 0 Å². The fourth-order valence-electron chi connectivity index (χ4n) is 4.37. The van der Waals surface area contributed by atoms with Gasteiger partial charge in [-0.1, -0.05) is 35.9 Å². The molecule has 1 spiro atoms. The molecule has 2 heterocycles. The first-order chi connectivity index (χ1) is 11.1. The molecule has 0 bridgehead atoms. The maximum absolute atomic E-state index is 12.9. The predicted molar refractivity (Wildman–Crippen MR) is 94.3 cm³/mol. The summed E-state index contributed by atoms with van der Waals surface area (Å²) in [6.45, 7) is 5.77. The summed E-state index contributed by atoms with van der Waals surface area (Å²) < 4.78 is 0. The number of likely N-dealkylation sites (N-methyl/N-ethyl adjacent to an activating group) is 1. The van der Waals surface area contributed by atoms with Crippen molar-refractivity contribution in [2.24, 2.45) is 0 Å². The van der Waals surface area contributed by atoms with Crippen LogP contribution in [0.1, 0.15) is 30.0 Å². The largest absolute Gasteiger partial charge is 0.373 e. The summed E-state index contributed by atoms with van der Waals surface area (Å²) in [5, 5.41) is 0. The van der Waals surface area contributed by atoms with Crippen molar-refractivity contribution in [2.45, 2.75) is 25.7 Å². The highest BCUT2D eigenvalue weighted by atomic mass is 16.2. The number of nitrogens with zero attached hydrogens (tertiary/aromatic N) is 2. The van der Waals surface area contributed by atoms with Crippen molar-refractivity contribution in [3.05, 3.63) is 59.2 Å². The Morgan fingerprint density at radius 3 is 2.65 bits per heavy atom. The zero-order valence-corrected chi connectivity index (χ0v) is 14.0. The summed E-state index contributed by atoms with van der Waals surface area (Å²) >= 11 is 0. The maximum atomic E-state index is 12.9. The highest BCUT2D eigenvalue weighted by Crippen LogP contribution is 2.52. The van der Waals surface area contributed by atoms with Gasteiger partial charge in [-0.05, 0) is 37.1 Å². The van der Waals surface area contributed by atoms with Crippen molar-refractivity contribution < 1.29 is 4.79 Å². The van der Waals surface area contributed by atoms with Crippen LogP contribution in [0.3, 0.4) is 0 Å². The molecule has 1 atom stereocenters. The Labute approximate surface area is 137 Å². The van der Waals surface area contributed by atoms with Crippen molar-refractivity contribution >= 4 is 17.3 Å². The molecule has 1 amide bonds. The minimum atomic E-state index is -0.213. The number of anilines is 2. The Morgan fingerprint density at radius 1 is 1.09 bits per heavy atom. The molecule has 0 aliphatic carbocycles. The highest BCUT2D eigenvalue weighted by Gasteiger charge is 2.49. The van der Waals surface area contributed by atoms with Gasteiger partial charge in [0.15, 0.2) is 0 Å². The van der Waals surface area contributed by atoms with E-state index in [-0.39, 0.29) is 11.3 Å². The molecular weight excluding hydrogens is 284 g/mol. The van der Waals surface area contributed by atoms with Crippen LogP contribution in [0.15, 0.2) is 42.5 Å². The maximum Gasteiger partial charge on any atom is 0.228 e. The van der Waals surface area contributed by atoms with E-state index in [0.29, 0.717) is 6.42 Å². The molecule has 2 aromatic rings.